The van der Waals surface area contributed by atoms with Crippen molar-refractivity contribution in [1.29, 1.82) is 0 Å². The maximum absolute atomic E-state index is 5.45. The molecule has 0 aliphatic carbocycles. The fraction of sp³-hybridized carbons (Fsp3) is 0.239. The number of fused-ring (bicyclic) bond motifs is 3. The van der Waals surface area contributed by atoms with Crippen molar-refractivity contribution >= 4 is 21.8 Å². The van der Waals surface area contributed by atoms with Gasteiger partial charge in [0.05, 0.1) is 16.9 Å². The Balaban J connectivity index is 1.41. The molecule has 0 aliphatic rings. The number of pyridine rings is 1. The Morgan fingerprint density at radius 2 is 1.02 bits per heavy atom. The molecular formula is C46H46N2. The van der Waals surface area contributed by atoms with E-state index in [2.05, 4.69) is 188 Å². The molecule has 1 N–H and O–H groups in total. The zero-order chi connectivity index (χ0) is 33.8. The summed E-state index contributed by atoms with van der Waals surface area (Å²) >= 11 is 0. The van der Waals surface area contributed by atoms with E-state index >= 15 is 0 Å². The van der Waals surface area contributed by atoms with Gasteiger partial charge in [-0.25, -0.2) is 0 Å². The van der Waals surface area contributed by atoms with E-state index in [1.165, 1.54) is 60.8 Å². The number of nitrogens with zero attached hydrogens (tertiary/aromatic N) is 1. The van der Waals surface area contributed by atoms with E-state index in [4.69, 9.17) is 4.98 Å². The van der Waals surface area contributed by atoms with Gasteiger partial charge in [0.1, 0.15) is 0 Å². The lowest BCUT2D eigenvalue weighted by molar-refractivity contribution is 0.581. The van der Waals surface area contributed by atoms with Crippen LogP contribution in [0.25, 0.3) is 55.3 Å². The van der Waals surface area contributed by atoms with Crippen LogP contribution in [0.1, 0.15) is 77.8 Å². The van der Waals surface area contributed by atoms with Crippen molar-refractivity contribution in [3.05, 3.63) is 150 Å². The minimum atomic E-state index is -0.372. The van der Waals surface area contributed by atoms with Gasteiger partial charge in [-0.2, -0.15) is 0 Å². The first-order valence-electron chi connectivity index (χ1n) is 17.1. The molecule has 2 heterocycles. The zero-order valence-electron chi connectivity index (χ0n) is 29.6. The van der Waals surface area contributed by atoms with Crippen LogP contribution in [0, 0.1) is 0 Å². The van der Waals surface area contributed by atoms with Gasteiger partial charge in [0, 0.05) is 27.3 Å². The number of rotatable bonds is 5. The van der Waals surface area contributed by atoms with Gasteiger partial charge in [-0.3, -0.25) is 4.98 Å². The fourth-order valence-electron chi connectivity index (χ4n) is 6.84. The van der Waals surface area contributed by atoms with Crippen molar-refractivity contribution < 1.29 is 0 Å². The summed E-state index contributed by atoms with van der Waals surface area (Å²) in [6, 6.07) is 46.4. The van der Waals surface area contributed by atoms with Crippen LogP contribution in [0.4, 0.5) is 0 Å². The lowest BCUT2D eigenvalue weighted by Crippen LogP contribution is -2.23. The maximum Gasteiger partial charge on any atom is 0.0706 e. The number of H-pyrrole nitrogens is 1. The fourth-order valence-corrected chi connectivity index (χ4v) is 6.84. The molecule has 0 radical (unpaired) electrons. The van der Waals surface area contributed by atoms with Crippen LogP contribution in [0.2, 0.25) is 0 Å². The average molecular weight is 627 g/mol. The van der Waals surface area contributed by atoms with Crippen molar-refractivity contribution in [2.45, 2.75) is 71.6 Å². The molecule has 48 heavy (non-hydrogen) atoms. The highest BCUT2D eigenvalue weighted by Gasteiger charge is 2.31. The van der Waals surface area contributed by atoms with Gasteiger partial charge in [0.15, 0.2) is 0 Å². The predicted molar refractivity (Wildman–Crippen MR) is 206 cm³/mol. The van der Waals surface area contributed by atoms with E-state index in [1.807, 2.05) is 0 Å². The number of benzene rings is 5. The van der Waals surface area contributed by atoms with Gasteiger partial charge in [-0.15, -0.1) is 0 Å². The standard InChI is InChI=1S/C46H46N2/c1-44(2,3)35-22-23-41-37(27-35)38-28-36(45(4,5)6)29-39(43(38)48-41)46(7,8)42-21-15-20-40(47-42)34-25-32(30-16-11-9-12-17-30)24-33(26-34)31-18-13-10-14-19-31/h9-29,48H,1-8H3. The molecule has 0 saturated carbocycles. The molecule has 0 bridgehead atoms. The maximum atomic E-state index is 5.45. The average Bonchev–Trinajstić information content (AvgIpc) is 3.46. The summed E-state index contributed by atoms with van der Waals surface area (Å²) in [5.74, 6) is 0. The summed E-state index contributed by atoms with van der Waals surface area (Å²) in [6.45, 7) is 18.4. The van der Waals surface area contributed by atoms with Crippen LogP contribution in [0.3, 0.4) is 0 Å². The molecule has 2 aromatic heterocycles. The molecule has 2 heteroatoms. The molecule has 0 unspecified atom stereocenters. The number of nitrogens with one attached hydrogen (secondary N) is 1. The van der Waals surface area contributed by atoms with Crippen LogP contribution in [-0.4, -0.2) is 9.97 Å². The summed E-state index contributed by atoms with van der Waals surface area (Å²) in [4.78, 5) is 9.30. The summed E-state index contributed by atoms with van der Waals surface area (Å²) in [7, 11) is 0. The Labute approximate surface area is 285 Å². The molecule has 0 aliphatic heterocycles. The third-order valence-electron chi connectivity index (χ3n) is 9.95. The van der Waals surface area contributed by atoms with Crippen molar-refractivity contribution in [3.63, 3.8) is 0 Å². The van der Waals surface area contributed by atoms with Gasteiger partial charge in [0.2, 0.25) is 0 Å². The highest BCUT2D eigenvalue weighted by atomic mass is 14.8. The molecule has 0 atom stereocenters. The molecule has 0 spiro atoms. The van der Waals surface area contributed by atoms with Crippen molar-refractivity contribution in [3.8, 4) is 33.5 Å². The number of aromatic nitrogens is 2. The molecule has 0 saturated heterocycles. The second kappa shape index (κ2) is 11.6. The van der Waals surface area contributed by atoms with E-state index in [-0.39, 0.29) is 16.2 Å². The minimum Gasteiger partial charge on any atom is -0.354 e. The normalized spacial score (nSPS) is 12.6. The third-order valence-corrected chi connectivity index (χ3v) is 9.95. The SMILES string of the molecule is CC(C)(C)c1ccc2[nH]c3c(C(C)(C)c4cccc(-c5cc(-c6ccccc6)cc(-c6ccccc6)c5)n4)cc(C(C)(C)C)cc3c2c1. The Morgan fingerprint density at radius 1 is 0.458 bits per heavy atom. The van der Waals surface area contributed by atoms with E-state index in [0.29, 0.717) is 0 Å². The highest BCUT2D eigenvalue weighted by molar-refractivity contribution is 6.09. The monoisotopic (exact) mass is 626 g/mol. The molecule has 7 aromatic rings. The highest BCUT2D eigenvalue weighted by Crippen LogP contribution is 2.42. The van der Waals surface area contributed by atoms with Crippen LogP contribution in [0.5, 0.6) is 0 Å². The Kier molecular flexibility index (Phi) is 7.67. The smallest absolute Gasteiger partial charge is 0.0706 e. The molecule has 0 amide bonds. The number of hydrogen-bond donors (Lipinski definition) is 1. The van der Waals surface area contributed by atoms with Crippen LogP contribution in [0.15, 0.2) is 127 Å². The summed E-state index contributed by atoms with van der Waals surface area (Å²) < 4.78 is 0. The van der Waals surface area contributed by atoms with E-state index < -0.39 is 0 Å². The first-order chi connectivity index (χ1) is 22.8. The molecule has 7 rings (SSSR count). The minimum absolute atomic E-state index is 0.00869. The summed E-state index contributed by atoms with van der Waals surface area (Å²) in [5, 5.41) is 2.57. The topological polar surface area (TPSA) is 28.7 Å². The van der Waals surface area contributed by atoms with Gasteiger partial charge >= 0.3 is 0 Å². The lowest BCUT2D eigenvalue weighted by Gasteiger charge is -2.29. The van der Waals surface area contributed by atoms with Gasteiger partial charge in [-0.1, -0.05) is 134 Å². The second-order valence-corrected chi connectivity index (χ2v) is 15.9. The van der Waals surface area contributed by atoms with E-state index in [1.54, 1.807) is 0 Å². The first kappa shape index (κ1) is 31.6. The van der Waals surface area contributed by atoms with Crippen LogP contribution in [-0.2, 0) is 16.2 Å². The number of hydrogen-bond acceptors (Lipinski definition) is 1. The van der Waals surface area contributed by atoms with Crippen LogP contribution < -0.4 is 0 Å². The van der Waals surface area contributed by atoms with Crippen molar-refractivity contribution in [2.24, 2.45) is 0 Å². The lowest BCUT2D eigenvalue weighted by atomic mass is 9.76. The van der Waals surface area contributed by atoms with Gasteiger partial charge in [-0.05, 0) is 98.3 Å². The zero-order valence-corrected chi connectivity index (χ0v) is 29.6. The Hall–Kier alpha value is -4.95. The van der Waals surface area contributed by atoms with Crippen molar-refractivity contribution in [2.75, 3.05) is 0 Å². The quantitative estimate of drug-likeness (QED) is 0.202. The Bertz CT molecular complexity index is 2200. The molecular weight excluding hydrogens is 581 g/mol. The molecule has 240 valence electrons. The van der Waals surface area contributed by atoms with Gasteiger partial charge < -0.3 is 4.98 Å². The molecule has 2 nitrogen and oxygen atoms in total. The van der Waals surface area contributed by atoms with E-state index in [9.17, 15) is 0 Å². The summed E-state index contributed by atoms with van der Waals surface area (Å²) in [5.41, 5.74) is 13.9. The van der Waals surface area contributed by atoms with Crippen LogP contribution >= 0.6 is 0 Å². The molecule has 0 fully saturated rings. The second-order valence-electron chi connectivity index (χ2n) is 15.9. The summed E-state index contributed by atoms with van der Waals surface area (Å²) in [6.07, 6.45) is 0. The van der Waals surface area contributed by atoms with Crippen molar-refractivity contribution in [1.82, 2.24) is 9.97 Å². The third kappa shape index (κ3) is 5.85. The Morgan fingerprint density at radius 3 is 1.60 bits per heavy atom. The predicted octanol–water partition coefficient (Wildman–Crippen LogP) is 12.6. The van der Waals surface area contributed by atoms with Gasteiger partial charge in [0.25, 0.3) is 0 Å². The van der Waals surface area contributed by atoms with E-state index in [0.717, 1.165) is 17.0 Å². The molecule has 5 aromatic carbocycles. The number of aromatic amines is 1. The first-order valence-corrected chi connectivity index (χ1v) is 17.1. The largest absolute Gasteiger partial charge is 0.354 e.